The molecule has 4 rings (SSSR count). The van der Waals surface area contributed by atoms with Crippen molar-refractivity contribution in [1.82, 2.24) is 14.5 Å². The molecule has 144 valence electrons. The van der Waals surface area contributed by atoms with Crippen LogP contribution in [0.1, 0.15) is 5.69 Å². The maximum Gasteiger partial charge on any atom is 0.414 e. The second-order valence-corrected chi connectivity index (χ2v) is 6.20. The molecule has 1 aromatic carbocycles. The molecule has 0 aliphatic carbocycles. The van der Waals surface area contributed by atoms with E-state index < -0.39 is 16.6 Å². The van der Waals surface area contributed by atoms with E-state index in [0.29, 0.717) is 17.8 Å². The fourth-order valence-corrected chi connectivity index (χ4v) is 2.86. The average Bonchev–Trinajstić information content (AvgIpc) is 3.11. The number of pyridine rings is 1. The Balaban J connectivity index is 1.38. The molecule has 10 heteroatoms. The smallest absolute Gasteiger partial charge is 0.414 e. The number of halogens is 2. The molecule has 3 heterocycles. The number of fused-ring (bicyclic) bond motifs is 1. The van der Waals surface area contributed by atoms with E-state index in [4.69, 9.17) is 9.47 Å². The summed E-state index contributed by atoms with van der Waals surface area (Å²) in [6.07, 6.45) is 2.47. The zero-order valence-electron chi connectivity index (χ0n) is 14.4. The number of ether oxygens (including phenoxy) is 2. The van der Waals surface area contributed by atoms with E-state index in [1.165, 1.54) is 29.1 Å². The van der Waals surface area contributed by atoms with Gasteiger partial charge in [-0.1, -0.05) is 6.07 Å². The number of nitro groups is 1. The van der Waals surface area contributed by atoms with Crippen molar-refractivity contribution in [2.75, 3.05) is 6.61 Å². The normalized spacial score (nSPS) is 15.7. The van der Waals surface area contributed by atoms with Gasteiger partial charge in [-0.15, -0.1) is 0 Å². The minimum Gasteiger partial charge on any atom is -0.443 e. The van der Waals surface area contributed by atoms with Crippen LogP contribution in [0, 0.1) is 21.7 Å². The van der Waals surface area contributed by atoms with Crippen LogP contribution in [-0.2, 0) is 17.9 Å². The van der Waals surface area contributed by atoms with Crippen LogP contribution in [0.5, 0.6) is 6.01 Å². The Kier molecular flexibility index (Phi) is 4.70. The largest absolute Gasteiger partial charge is 0.443 e. The van der Waals surface area contributed by atoms with E-state index in [-0.39, 0.29) is 36.7 Å². The maximum absolute atomic E-state index is 13.8. The lowest BCUT2D eigenvalue weighted by atomic mass is 10.1. The predicted octanol–water partition coefficient (Wildman–Crippen LogP) is 3.11. The summed E-state index contributed by atoms with van der Waals surface area (Å²) in [5, 5.41) is 10.8. The molecule has 0 radical (unpaired) electrons. The molecule has 0 saturated heterocycles. The molecule has 1 aliphatic heterocycles. The van der Waals surface area contributed by atoms with Crippen LogP contribution in [0.2, 0.25) is 0 Å². The van der Waals surface area contributed by atoms with Gasteiger partial charge in [-0.25, -0.2) is 8.78 Å². The van der Waals surface area contributed by atoms with E-state index in [2.05, 4.69) is 9.97 Å². The van der Waals surface area contributed by atoms with Gasteiger partial charge in [-0.2, -0.15) is 0 Å². The predicted molar refractivity (Wildman–Crippen MR) is 92.5 cm³/mol. The van der Waals surface area contributed by atoms with Crippen molar-refractivity contribution in [1.29, 1.82) is 0 Å². The van der Waals surface area contributed by atoms with Crippen LogP contribution in [-0.4, -0.2) is 32.2 Å². The second-order valence-electron chi connectivity index (χ2n) is 6.20. The molecule has 28 heavy (non-hydrogen) atoms. The molecule has 1 aliphatic rings. The lowest BCUT2D eigenvalue weighted by molar-refractivity contribution is -0.389. The lowest BCUT2D eigenvalue weighted by Gasteiger charge is -2.22. The van der Waals surface area contributed by atoms with Gasteiger partial charge in [0.2, 0.25) is 0 Å². The fraction of sp³-hybridized carbons (Fsp3) is 0.222. The van der Waals surface area contributed by atoms with Crippen molar-refractivity contribution in [3.8, 4) is 17.1 Å². The Bertz CT molecular complexity index is 1020. The third-order valence-corrected chi connectivity index (χ3v) is 4.25. The number of benzene rings is 1. The summed E-state index contributed by atoms with van der Waals surface area (Å²) in [7, 11) is 0. The highest BCUT2D eigenvalue weighted by Gasteiger charge is 2.28. The van der Waals surface area contributed by atoms with Crippen molar-refractivity contribution in [3.05, 3.63) is 70.2 Å². The molecule has 8 nitrogen and oxygen atoms in total. The van der Waals surface area contributed by atoms with Crippen LogP contribution in [0.3, 0.4) is 0 Å². The van der Waals surface area contributed by atoms with Gasteiger partial charge in [-0.05, 0) is 23.1 Å². The molecule has 0 N–H and O–H groups in total. The number of hydrogen-bond donors (Lipinski definition) is 0. The highest BCUT2D eigenvalue weighted by molar-refractivity contribution is 5.63. The number of aromatic nitrogens is 3. The van der Waals surface area contributed by atoms with Gasteiger partial charge in [0.15, 0.2) is 0 Å². The summed E-state index contributed by atoms with van der Waals surface area (Å²) in [6, 6.07) is 6.93. The molecule has 1 atom stereocenters. The Morgan fingerprint density at radius 3 is 2.89 bits per heavy atom. The molecule has 0 bridgehead atoms. The van der Waals surface area contributed by atoms with Crippen LogP contribution < -0.4 is 4.74 Å². The van der Waals surface area contributed by atoms with Crippen LogP contribution in [0.25, 0.3) is 11.1 Å². The molecular weight excluding hydrogens is 374 g/mol. The van der Waals surface area contributed by atoms with E-state index in [1.54, 1.807) is 12.1 Å². The Morgan fingerprint density at radius 2 is 2.18 bits per heavy atom. The summed E-state index contributed by atoms with van der Waals surface area (Å²) < 4.78 is 39.5. The zero-order valence-corrected chi connectivity index (χ0v) is 14.4. The first-order valence-corrected chi connectivity index (χ1v) is 8.36. The van der Waals surface area contributed by atoms with Crippen LogP contribution >= 0.6 is 0 Å². The van der Waals surface area contributed by atoms with Gasteiger partial charge in [0, 0.05) is 28.4 Å². The van der Waals surface area contributed by atoms with Crippen molar-refractivity contribution in [3.63, 3.8) is 0 Å². The molecule has 3 aromatic rings. The molecule has 0 amide bonds. The fourth-order valence-electron chi connectivity index (χ4n) is 2.86. The Morgan fingerprint density at radius 1 is 1.32 bits per heavy atom. The highest BCUT2D eigenvalue weighted by Crippen LogP contribution is 2.24. The first-order valence-electron chi connectivity index (χ1n) is 8.36. The average molecular weight is 388 g/mol. The van der Waals surface area contributed by atoms with Gasteiger partial charge in [0.05, 0.1) is 18.8 Å². The van der Waals surface area contributed by atoms with Gasteiger partial charge in [-0.3, -0.25) is 9.55 Å². The van der Waals surface area contributed by atoms with Crippen molar-refractivity contribution >= 4 is 5.82 Å². The standard InChI is InChI=1S/C18H14F2N4O4/c19-12-2-4-15(16(20)5-12)11-1-3-13(21-6-11)9-27-14-7-23-8-17(24(25)26)22-18(23)28-10-14/h1-6,8,14H,7,9-10H2/t14-/m0/s1. The number of hydrogen-bond acceptors (Lipinski definition) is 6. The summed E-state index contributed by atoms with van der Waals surface area (Å²) in [6.45, 7) is 0.772. The summed E-state index contributed by atoms with van der Waals surface area (Å²) in [4.78, 5) is 18.2. The van der Waals surface area contributed by atoms with Crippen molar-refractivity contribution < 1.29 is 23.2 Å². The summed E-state index contributed by atoms with van der Waals surface area (Å²) in [5.74, 6) is -1.57. The molecular formula is C18H14F2N4O4. The maximum atomic E-state index is 13.8. The first-order chi connectivity index (χ1) is 13.5. The topological polar surface area (TPSA) is 92.3 Å². The van der Waals surface area contributed by atoms with Crippen LogP contribution in [0.15, 0.2) is 42.7 Å². The number of nitrogens with zero attached hydrogens (tertiary/aromatic N) is 4. The molecule has 0 spiro atoms. The van der Waals surface area contributed by atoms with E-state index in [9.17, 15) is 18.9 Å². The monoisotopic (exact) mass is 388 g/mol. The quantitative estimate of drug-likeness (QED) is 0.493. The Hall–Kier alpha value is -3.40. The highest BCUT2D eigenvalue weighted by atomic mass is 19.1. The van der Waals surface area contributed by atoms with E-state index in [0.717, 1.165) is 6.07 Å². The second kappa shape index (κ2) is 7.31. The zero-order chi connectivity index (χ0) is 19.7. The molecule has 2 aromatic heterocycles. The van der Waals surface area contributed by atoms with Gasteiger partial charge in [0.25, 0.3) is 0 Å². The molecule has 0 unspecified atom stereocenters. The summed E-state index contributed by atoms with van der Waals surface area (Å²) in [5.41, 5.74) is 1.41. The van der Waals surface area contributed by atoms with E-state index in [1.807, 2.05) is 0 Å². The number of imidazole rings is 1. The lowest BCUT2D eigenvalue weighted by Crippen LogP contribution is -2.32. The molecule has 0 saturated carbocycles. The van der Waals surface area contributed by atoms with Gasteiger partial charge in [0.1, 0.15) is 30.5 Å². The minimum atomic E-state index is -0.657. The SMILES string of the molecule is O=[N+]([O-])c1cn2c(n1)OC[C@@H](OCc1ccc(-c3ccc(F)cc3F)cn1)C2. The van der Waals surface area contributed by atoms with Gasteiger partial charge >= 0.3 is 11.8 Å². The van der Waals surface area contributed by atoms with Crippen molar-refractivity contribution in [2.45, 2.75) is 19.3 Å². The minimum absolute atomic E-state index is 0.187. The molecule has 0 fully saturated rings. The van der Waals surface area contributed by atoms with Crippen LogP contribution in [0.4, 0.5) is 14.6 Å². The number of rotatable bonds is 5. The van der Waals surface area contributed by atoms with Gasteiger partial charge < -0.3 is 19.6 Å². The third kappa shape index (κ3) is 3.67. The van der Waals surface area contributed by atoms with Crippen molar-refractivity contribution in [2.24, 2.45) is 0 Å². The van der Waals surface area contributed by atoms with E-state index >= 15 is 0 Å². The first kappa shape index (κ1) is 18.0. The Labute approximate surface area is 157 Å². The summed E-state index contributed by atoms with van der Waals surface area (Å²) >= 11 is 0. The third-order valence-electron chi connectivity index (χ3n) is 4.25.